The first-order valence-electron chi connectivity index (χ1n) is 4.78. The van der Waals surface area contributed by atoms with Crippen LogP contribution in [0.2, 0.25) is 0 Å². The molecule has 0 spiro atoms. The highest BCUT2D eigenvalue weighted by atomic mass is 32.1. The minimum Gasteiger partial charge on any atom is -0.429 e. The van der Waals surface area contributed by atoms with E-state index in [9.17, 15) is 0 Å². The lowest BCUT2D eigenvalue weighted by Gasteiger charge is -2.03. The van der Waals surface area contributed by atoms with Crippen molar-refractivity contribution < 1.29 is 4.18 Å². The summed E-state index contributed by atoms with van der Waals surface area (Å²) in [6.45, 7) is 2.08. The van der Waals surface area contributed by atoms with Crippen molar-refractivity contribution in [3.05, 3.63) is 54.1 Å². The summed E-state index contributed by atoms with van der Waals surface area (Å²) in [6.07, 6.45) is 0. The van der Waals surface area contributed by atoms with Gasteiger partial charge in [-0.15, -0.1) is 0 Å². The molecule has 0 fully saturated rings. The lowest BCUT2D eigenvalue weighted by molar-refractivity contribution is 0.659. The highest BCUT2D eigenvalue weighted by Crippen LogP contribution is 2.22. The molecule has 0 heterocycles. The molecule has 2 aromatic rings. The van der Waals surface area contributed by atoms with Gasteiger partial charge in [0.05, 0.1) is 0 Å². The second-order valence-corrected chi connectivity index (χ2v) is 3.66. The second kappa shape index (κ2) is 4.41. The molecule has 0 radical (unpaired) electrons. The van der Waals surface area contributed by atoms with Crippen molar-refractivity contribution in [3.63, 3.8) is 0 Å². The van der Waals surface area contributed by atoms with Gasteiger partial charge in [0, 0.05) is 12.9 Å². The van der Waals surface area contributed by atoms with Crippen LogP contribution in [0.15, 0.2) is 48.5 Å². The first-order chi connectivity index (χ1) is 7.29. The maximum absolute atomic E-state index is 4.82. The van der Waals surface area contributed by atoms with Gasteiger partial charge in [-0.1, -0.05) is 42.0 Å². The van der Waals surface area contributed by atoms with Crippen LogP contribution in [0.25, 0.3) is 11.1 Å². The van der Waals surface area contributed by atoms with Gasteiger partial charge in [-0.2, -0.15) is 0 Å². The van der Waals surface area contributed by atoms with Gasteiger partial charge in [0.1, 0.15) is 5.75 Å². The fraction of sp³-hybridized carbons (Fsp3) is 0.0769. The van der Waals surface area contributed by atoms with Crippen molar-refractivity contribution in [1.82, 2.24) is 0 Å². The number of benzene rings is 2. The number of thiol groups is 1. The van der Waals surface area contributed by atoms with Gasteiger partial charge in [0.15, 0.2) is 0 Å². The van der Waals surface area contributed by atoms with E-state index in [1.165, 1.54) is 16.7 Å². The Balaban J connectivity index is 2.33. The normalized spacial score (nSPS) is 10.0. The van der Waals surface area contributed by atoms with Gasteiger partial charge in [0.2, 0.25) is 0 Å². The largest absolute Gasteiger partial charge is 0.429 e. The SMILES string of the molecule is Cc1ccc(-c2ccc(OS)cc2)cc1. The molecule has 0 aliphatic heterocycles. The predicted molar refractivity (Wildman–Crippen MR) is 66.2 cm³/mol. The van der Waals surface area contributed by atoms with E-state index in [-0.39, 0.29) is 0 Å². The van der Waals surface area contributed by atoms with Crippen molar-refractivity contribution in [1.29, 1.82) is 0 Å². The average Bonchev–Trinajstić information content (AvgIpc) is 2.30. The lowest BCUT2D eigenvalue weighted by Crippen LogP contribution is -1.79. The van der Waals surface area contributed by atoms with E-state index in [2.05, 4.69) is 44.1 Å². The standard InChI is InChI=1S/C13H12OS/c1-10-2-4-11(5-3-10)12-6-8-13(14-15)9-7-12/h2-9,15H,1H3. The van der Waals surface area contributed by atoms with Crippen LogP contribution in [0.4, 0.5) is 0 Å². The van der Waals surface area contributed by atoms with E-state index in [4.69, 9.17) is 4.18 Å². The minimum absolute atomic E-state index is 0.759. The first-order valence-corrected chi connectivity index (χ1v) is 5.14. The zero-order valence-corrected chi connectivity index (χ0v) is 9.37. The molecule has 1 nitrogen and oxygen atoms in total. The molecule has 2 aromatic carbocycles. The van der Waals surface area contributed by atoms with Crippen LogP contribution in [0.1, 0.15) is 5.56 Å². The van der Waals surface area contributed by atoms with E-state index >= 15 is 0 Å². The van der Waals surface area contributed by atoms with Crippen molar-refractivity contribution >= 4 is 12.9 Å². The second-order valence-electron chi connectivity index (χ2n) is 3.48. The third-order valence-corrected chi connectivity index (χ3v) is 2.56. The van der Waals surface area contributed by atoms with Crippen LogP contribution in [0.3, 0.4) is 0 Å². The molecule has 0 bridgehead atoms. The minimum atomic E-state index is 0.759. The summed E-state index contributed by atoms with van der Waals surface area (Å²) in [5.41, 5.74) is 3.67. The summed E-state index contributed by atoms with van der Waals surface area (Å²) in [5.74, 6) is 0.759. The Morgan fingerprint density at radius 2 is 1.27 bits per heavy atom. The predicted octanol–water partition coefficient (Wildman–Crippen LogP) is 3.89. The smallest absolute Gasteiger partial charge is 0.137 e. The van der Waals surface area contributed by atoms with E-state index in [1.807, 2.05) is 24.3 Å². The molecule has 2 rings (SSSR count). The molecule has 0 amide bonds. The quantitative estimate of drug-likeness (QED) is 0.592. The molecule has 0 saturated heterocycles. The number of hydrogen-bond donors (Lipinski definition) is 1. The van der Waals surface area contributed by atoms with Crippen molar-refractivity contribution in [2.45, 2.75) is 6.92 Å². The van der Waals surface area contributed by atoms with Gasteiger partial charge in [0.25, 0.3) is 0 Å². The molecule has 76 valence electrons. The molecule has 0 saturated carbocycles. The molecule has 0 unspecified atom stereocenters. The first kappa shape index (κ1) is 10.1. The van der Waals surface area contributed by atoms with Crippen LogP contribution in [0, 0.1) is 6.92 Å². The maximum atomic E-state index is 4.82. The monoisotopic (exact) mass is 216 g/mol. The van der Waals surface area contributed by atoms with Crippen LogP contribution < -0.4 is 4.18 Å². The van der Waals surface area contributed by atoms with E-state index in [0.717, 1.165) is 5.75 Å². The van der Waals surface area contributed by atoms with Gasteiger partial charge >= 0.3 is 0 Å². The highest BCUT2D eigenvalue weighted by molar-refractivity contribution is 7.75. The summed E-state index contributed by atoms with van der Waals surface area (Å²) in [5, 5.41) is 0. The number of hydrogen-bond acceptors (Lipinski definition) is 2. The van der Waals surface area contributed by atoms with Crippen LogP contribution in [0.5, 0.6) is 5.75 Å². The van der Waals surface area contributed by atoms with E-state index < -0.39 is 0 Å². The fourth-order valence-electron chi connectivity index (χ4n) is 1.45. The van der Waals surface area contributed by atoms with Gasteiger partial charge in [-0.25, -0.2) is 0 Å². The van der Waals surface area contributed by atoms with Crippen LogP contribution in [-0.2, 0) is 0 Å². The molecular formula is C13H12OS. The van der Waals surface area contributed by atoms with Crippen LogP contribution >= 0.6 is 12.9 Å². The van der Waals surface area contributed by atoms with E-state index in [1.54, 1.807) is 0 Å². The summed E-state index contributed by atoms with van der Waals surface area (Å²) in [7, 11) is 0. The number of aryl methyl sites for hydroxylation is 1. The Labute approximate surface area is 95.3 Å². The Bertz CT molecular complexity index is 431. The van der Waals surface area contributed by atoms with Gasteiger partial charge in [-0.05, 0) is 30.2 Å². The molecule has 0 atom stereocenters. The van der Waals surface area contributed by atoms with Crippen LogP contribution in [-0.4, -0.2) is 0 Å². The summed E-state index contributed by atoms with van der Waals surface area (Å²) in [6, 6.07) is 16.3. The molecule has 0 aliphatic carbocycles. The van der Waals surface area contributed by atoms with E-state index in [0.29, 0.717) is 0 Å². The summed E-state index contributed by atoms with van der Waals surface area (Å²) < 4.78 is 4.82. The summed E-state index contributed by atoms with van der Waals surface area (Å²) >= 11 is 3.75. The van der Waals surface area contributed by atoms with Gasteiger partial charge in [-0.3, -0.25) is 0 Å². The fourth-order valence-corrected chi connectivity index (χ4v) is 1.58. The Kier molecular flexibility index (Phi) is 2.97. The summed E-state index contributed by atoms with van der Waals surface area (Å²) in [4.78, 5) is 0. The Morgan fingerprint density at radius 1 is 0.800 bits per heavy atom. The lowest BCUT2D eigenvalue weighted by atomic mass is 10.0. The average molecular weight is 216 g/mol. The molecule has 0 aromatic heterocycles. The number of rotatable bonds is 2. The van der Waals surface area contributed by atoms with Crippen molar-refractivity contribution in [3.8, 4) is 16.9 Å². The third kappa shape index (κ3) is 2.34. The third-order valence-electron chi connectivity index (χ3n) is 2.34. The molecule has 15 heavy (non-hydrogen) atoms. The topological polar surface area (TPSA) is 9.23 Å². The molecular weight excluding hydrogens is 204 g/mol. The highest BCUT2D eigenvalue weighted by Gasteiger charge is 1.97. The van der Waals surface area contributed by atoms with Crippen molar-refractivity contribution in [2.24, 2.45) is 0 Å². The van der Waals surface area contributed by atoms with Crippen molar-refractivity contribution in [2.75, 3.05) is 0 Å². The zero-order chi connectivity index (χ0) is 10.7. The molecule has 0 N–H and O–H groups in total. The Hall–Kier alpha value is -1.41. The zero-order valence-electron chi connectivity index (χ0n) is 8.47. The molecule has 2 heteroatoms. The van der Waals surface area contributed by atoms with Gasteiger partial charge < -0.3 is 4.18 Å². The Morgan fingerprint density at radius 3 is 1.73 bits per heavy atom. The maximum Gasteiger partial charge on any atom is 0.137 e. The molecule has 0 aliphatic rings.